The molecule has 1 aliphatic rings. The van der Waals surface area contributed by atoms with E-state index in [1.807, 2.05) is 65.0 Å². The summed E-state index contributed by atoms with van der Waals surface area (Å²) < 4.78 is 18.0. The molecule has 3 rings (SSSR count). The average Bonchev–Trinajstić information content (AvgIpc) is 2.72. The lowest BCUT2D eigenvalue weighted by molar-refractivity contribution is 0.00578. The van der Waals surface area contributed by atoms with Crippen molar-refractivity contribution in [1.29, 1.82) is 0 Å². The van der Waals surface area contributed by atoms with Gasteiger partial charge in [0, 0.05) is 6.20 Å². The largest absolute Gasteiger partial charge is 0.494 e. The number of ether oxygens (including phenoxy) is 1. The first-order valence-electron chi connectivity index (χ1n) is 7.94. The summed E-state index contributed by atoms with van der Waals surface area (Å²) in [5, 5.41) is 0.505. The monoisotopic (exact) mass is 345 g/mol. The fraction of sp³-hybridized carbons (Fsp3) is 0.389. The Hall–Kier alpha value is -1.56. The number of rotatable bonds is 3. The minimum Gasteiger partial charge on any atom is -0.454 e. The summed E-state index contributed by atoms with van der Waals surface area (Å²) in [6, 6.07) is 9.25. The quantitative estimate of drug-likeness (QED) is 0.784. The molecule has 0 unspecified atom stereocenters. The van der Waals surface area contributed by atoms with Gasteiger partial charge in [-0.15, -0.1) is 0 Å². The van der Waals surface area contributed by atoms with E-state index in [-0.39, 0.29) is 11.2 Å². The SMILES string of the molecule is Cc1ncccc1Oc1ccc(B2OC(C)(C)C(C)(C)O2)cc1Cl. The molecular formula is C18H21BClNO3. The summed E-state index contributed by atoms with van der Waals surface area (Å²) in [7, 11) is -0.443. The van der Waals surface area contributed by atoms with Crippen molar-refractivity contribution in [2.24, 2.45) is 0 Å². The zero-order valence-electron chi connectivity index (χ0n) is 14.6. The maximum atomic E-state index is 6.40. The number of halogens is 1. The van der Waals surface area contributed by atoms with Gasteiger partial charge < -0.3 is 14.0 Å². The van der Waals surface area contributed by atoms with E-state index in [1.165, 1.54) is 0 Å². The fourth-order valence-corrected chi connectivity index (χ4v) is 2.65. The Balaban J connectivity index is 1.82. The van der Waals surface area contributed by atoms with Crippen LogP contribution in [-0.4, -0.2) is 23.3 Å². The van der Waals surface area contributed by atoms with E-state index in [0.29, 0.717) is 16.5 Å². The topological polar surface area (TPSA) is 40.6 Å². The lowest BCUT2D eigenvalue weighted by Gasteiger charge is -2.32. The van der Waals surface area contributed by atoms with Gasteiger partial charge >= 0.3 is 7.12 Å². The fourth-order valence-electron chi connectivity index (χ4n) is 2.42. The van der Waals surface area contributed by atoms with E-state index >= 15 is 0 Å². The first-order chi connectivity index (χ1) is 11.2. The van der Waals surface area contributed by atoms with Gasteiger partial charge in [0.25, 0.3) is 0 Å². The zero-order valence-corrected chi connectivity index (χ0v) is 15.3. The third-order valence-corrected chi connectivity index (χ3v) is 4.96. The van der Waals surface area contributed by atoms with Crippen LogP contribution in [0.25, 0.3) is 0 Å². The summed E-state index contributed by atoms with van der Waals surface area (Å²) in [4.78, 5) is 4.21. The molecule has 1 aliphatic heterocycles. The van der Waals surface area contributed by atoms with Gasteiger partial charge in [-0.1, -0.05) is 17.7 Å². The van der Waals surface area contributed by atoms with E-state index in [0.717, 1.165) is 11.2 Å². The predicted octanol–water partition coefficient (Wildman–Crippen LogP) is 4.13. The van der Waals surface area contributed by atoms with Gasteiger partial charge in [0.15, 0.2) is 0 Å². The van der Waals surface area contributed by atoms with E-state index in [2.05, 4.69) is 4.98 Å². The molecule has 126 valence electrons. The molecule has 2 heterocycles. The molecule has 0 aliphatic carbocycles. The van der Waals surface area contributed by atoms with Crippen LogP contribution in [0.15, 0.2) is 36.5 Å². The third-order valence-electron chi connectivity index (χ3n) is 4.66. The summed E-state index contributed by atoms with van der Waals surface area (Å²) in [6.07, 6.45) is 1.73. The summed E-state index contributed by atoms with van der Waals surface area (Å²) in [5.74, 6) is 1.26. The zero-order chi connectivity index (χ0) is 17.5. The van der Waals surface area contributed by atoms with Gasteiger partial charge in [-0.2, -0.15) is 0 Å². The third kappa shape index (κ3) is 3.16. The highest BCUT2D eigenvalue weighted by Gasteiger charge is 2.51. The van der Waals surface area contributed by atoms with Crippen molar-refractivity contribution >= 4 is 24.2 Å². The molecule has 0 spiro atoms. The number of pyridine rings is 1. The highest BCUT2D eigenvalue weighted by atomic mass is 35.5. The molecule has 4 nitrogen and oxygen atoms in total. The number of hydrogen-bond donors (Lipinski definition) is 0. The molecule has 1 fully saturated rings. The minimum absolute atomic E-state index is 0.383. The van der Waals surface area contributed by atoms with Crippen LogP contribution in [0.4, 0.5) is 0 Å². The molecule has 1 aromatic carbocycles. The van der Waals surface area contributed by atoms with Crippen LogP contribution in [-0.2, 0) is 9.31 Å². The van der Waals surface area contributed by atoms with Crippen LogP contribution in [0, 0.1) is 6.92 Å². The number of hydrogen-bond acceptors (Lipinski definition) is 4. The Morgan fingerprint density at radius 2 is 1.71 bits per heavy atom. The molecular weight excluding hydrogens is 324 g/mol. The van der Waals surface area contributed by atoms with Crippen molar-refractivity contribution in [3.63, 3.8) is 0 Å². The average molecular weight is 346 g/mol. The smallest absolute Gasteiger partial charge is 0.454 e. The van der Waals surface area contributed by atoms with E-state index in [1.54, 1.807) is 6.20 Å². The molecule has 0 saturated carbocycles. The molecule has 2 aromatic rings. The normalized spacial score (nSPS) is 18.7. The van der Waals surface area contributed by atoms with Gasteiger partial charge in [-0.25, -0.2) is 0 Å². The molecule has 0 bridgehead atoms. The summed E-state index contributed by atoms with van der Waals surface area (Å²) in [5.41, 5.74) is 0.913. The standard InChI is InChI=1S/C18H21BClNO3/c1-12-15(7-6-10-21-12)22-16-9-8-13(11-14(16)20)19-23-17(2,3)18(4,5)24-19/h6-11H,1-5H3. The number of aryl methyl sites for hydroxylation is 1. The van der Waals surface area contributed by atoms with Crippen LogP contribution >= 0.6 is 11.6 Å². The Bertz CT molecular complexity index is 748. The minimum atomic E-state index is -0.443. The van der Waals surface area contributed by atoms with Crippen LogP contribution in [0.5, 0.6) is 11.5 Å². The van der Waals surface area contributed by atoms with Crippen molar-refractivity contribution in [1.82, 2.24) is 4.98 Å². The van der Waals surface area contributed by atoms with E-state index in [9.17, 15) is 0 Å². The van der Waals surface area contributed by atoms with Gasteiger partial charge in [-0.05, 0) is 64.3 Å². The lowest BCUT2D eigenvalue weighted by atomic mass is 9.79. The second kappa shape index (κ2) is 6.06. The Morgan fingerprint density at radius 1 is 1.04 bits per heavy atom. The second-order valence-corrected chi connectivity index (χ2v) is 7.37. The van der Waals surface area contributed by atoms with Crippen molar-refractivity contribution in [3.05, 3.63) is 47.2 Å². The van der Waals surface area contributed by atoms with Crippen molar-refractivity contribution in [2.45, 2.75) is 45.8 Å². The Labute approximate surface area is 148 Å². The van der Waals surface area contributed by atoms with Crippen molar-refractivity contribution < 1.29 is 14.0 Å². The molecule has 1 saturated heterocycles. The van der Waals surface area contributed by atoms with Gasteiger partial charge in [0.2, 0.25) is 0 Å². The molecule has 24 heavy (non-hydrogen) atoms. The van der Waals surface area contributed by atoms with Gasteiger partial charge in [0.1, 0.15) is 11.5 Å². The maximum absolute atomic E-state index is 6.40. The van der Waals surface area contributed by atoms with Crippen LogP contribution in [0.3, 0.4) is 0 Å². The molecule has 0 N–H and O–H groups in total. The van der Waals surface area contributed by atoms with Gasteiger partial charge in [0.05, 0.1) is 21.9 Å². The van der Waals surface area contributed by atoms with Gasteiger partial charge in [-0.3, -0.25) is 4.98 Å². The van der Waals surface area contributed by atoms with Crippen molar-refractivity contribution in [2.75, 3.05) is 0 Å². The number of nitrogens with zero attached hydrogens (tertiary/aromatic N) is 1. The first-order valence-corrected chi connectivity index (χ1v) is 8.32. The van der Waals surface area contributed by atoms with E-state index in [4.69, 9.17) is 25.6 Å². The van der Waals surface area contributed by atoms with Crippen LogP contribution < -0.4 is 10.2 Å². The number of benzene rings is 1. The lowest BCUT2D eigenvalue weighted by Crippen LogP contribution is -2.41. The predicted molar refractivity (Wildman–Crippen MR) is 96.2 cm³/mol. The summed E-state index contributed by atoms with van der Waals surface area (Å²) >= 11 is 6.40. The maximum Gasteiger partial charge on any atom is 0.494 e. The first kappa shape index (κ1) is 17.3. The van der Waals surface area contributed by atoms with Crippen molar-refractivity contribution in [3.8, 4) is 11.5 Å². The summed E-state index contributed by atoms with van der Waals surface area (Å²) in [6.45, 7) is 9.99. The second-order valence-electron chi connectivity index (χ2n) is 6.97. The Kier molecular flexibility index (Phi) is 4.37. The van der Waals surface area contributed by atoms with E-state index < -0.39 is 7.12 Å². The molecule has 0 radical (unpaired) electrons. The van der Waals surface area contributed by atoms with Crippen LogP contribution in [0.2, 0.25) is 5.02 Å². The highest BCUT2D eigenvalue weighted by molar-refractivity contribution is 6.62. The van der Waals surface area contributed by atoms with Crippen LogP contribution in [0.1, 0.15) is 33.4 Å². The molecule has 0 atom stereocenters. The molecule has 0 amide bonds. The molecule has 1 aromatic heterocycles. The highest BCUT2D eigenvalue weighted by Crippen LogP contribution is 2.37. The Morgan fingerprint density at radius 3 is 2.29 bits per heavy atom. The molecule has 6 heteroatoms. The number of aromatic nitrogens is 1.